The topological polar surface area (TPSA) is 134 Å². The molecule has 0 aliphatic carbocycles. The van der Waals surface area contributed by atoms with Gasteiger partial charge in [-0.3, -0.25) is 17.5 Å². The molecular weight excluding hydrogens is 408 g/mol. The summed E-state index contributed by atoms with van der Waals surface area (Å²) in [7, 11) is 0. The van der Waals surface area contributed by atoms with Gasteiger partial charge in [0, 0.05) is 18.4 Å². The zero-order valence-corrected chi connectivity index (χ0v) is 19.6. The largest absolute Gasteiger partial charge is 0.396 e. The van der Waals surface area contributed by atoms with Crippen LogP contribution in [0.2, 0.25) is 0 Å². The maximum Gasteiger partial charge on any atom is 0.302 e. The highest BCUT2D eigenvalue weighted by Crippen LogP contribution is 2.17. The molecule has 0 rings (SSSR count). The quantitative estimate of drug-likeness (QED) is 0.298. The van der Waals surface area contributed by atoms with Crippen molar-refractivity contribution in [3.63, 3.8) is 0 Å². The Morgan fingerprint density at radius 1 is 0.786 bits per heavy atom. The van der Waals surface area contributed by atoms with Gasteiger partial charge < -0.3 is 10.2 Å². The van der Waals surface area contributed by atoms with E-state index in [9.17, 15) is 13.5 Å². The van der Waals surface area contributed by atoms with Crippen molar-refractivity contribution in [3.05, 3.63) is 0 Å². The van der Waals surface area contributed by atoms with E-state index >= 15 is 0 Å². The average molecular weight is 449 g/mol. The van der Waals surface area contributed by atoms with E-state index in [0.717, 1.165) is 12.8 Å². The fourth-order valence-corrected chi connectivity index (χ4v) is 3.04. The molecule has 0 radical (unpaired) electrons. The minimum absolute atomic E-state index is 0.0278. The monoisotopic (exact) mass is 448 g/mol. The third-order valence-electron chi connectivity index (χ3n) is 4.29. The Bertz CT molecular complexity index is 420. The molecule has 0 aliphatic rings. The summed E-state index contributed by atoms with van der Waals surface area (Å²) in [5.41, 5.74) is 0. The molecule has 172 valence electrons. The van der Waals surface area contributed by atoms with Crippen LogP contribution in [0.15, 0.2) is 0 Å². The summed E-state index contributed by atoms with van der Waals surface area (Å²) >= 11 is -4.47. The average Bonchev–Trinajstić information content (AvgIpc) is 2.60. The van der Waals surface area contributed by atoms with Crippen LogP contribution in [-0.4, -0.2) is 53.2 Å². The molecule has 0 aromatic rings. The van der Waals surface area contributed by atoms with Gasteiger partial charge in [-0.1, -0.05) is 41.5 Å². The second-order valence-electron chi connectivity index (χ2n) is 8.00. The number of aliphatic hydroxyl groups excluding tert-OH is 2. The van der Waals surface area contributed by atoms with Crippen LogP contribution in [0, 0.1) is 23.7 Å². The molecule has 0 saturated heterocycles. The van der Waals surface area contributed by atoms with Crippen LogP contribution < -0.4 is 0 Å². The highest BCUT2D eigenvalue weighted by Gasteiger charge is 2.20. The first-order valence-corrected chi connectivity index (χ1v) is 11.8. The van der Waals surface area contributed by atoms with E-state index in [1.54, 1.807) is 13.8 Å². The van der Waals surface area contributed by atoms with Crippen molar-refractivity contribution in [1.29, 1.82) is 0 Å². The van der Waals surface area contributed by atoms with Gasteiger partial charge in [0.1, 0.15) is 0 Å². The standard InChI is InChI=1S/2C9H20O4S/c1-7(2)4-5-9(10)8(3)6-13-14(11)12;1-7(2)4-5-9(8(3)6-10)13-14(11)12/h2*7-10H,4-6H2,1-3H3,(H,11,12). The Hall–Kier alpha value is 0.0600. The molecule has 0 spiro atoms. The molecular formula is C18H40O8S2. The third kappa shape index (κ3) is 19.4. The van der Waals surface area contributed by atoms with Crippen LogP contribution >= 0.6 is 0 Å². The molecule has 0 saturated carbocycles. The molecule has 0 bridgehead atoms. The van der Waals surface area contributed by atoms with Crippen molar-refractivity contribution in [2.24, 2.45) is 23.7 Å². The fourth-order valence-electron chi connectivity index (χ4n) is 2.21. The van der Waals surface area contributed by atoms with E-state index in [1.807, 2.05) is 0 Å². The number of aliphatic hydroxyl groups is 2. The third-order valence-corrected chi connectivity index (χ3v) is 5.04. The molecule has 4 N–H and O–H groups in total. The molecule has 0 fully saturated rings. The summed E-state index contributed by atoms with van der Waals surface area (Å²) < 4.78 is 47.0. The lowest BCUT2D eigenvalue weighted by Gasteiger charge is -2.21. The normalized spacial score (nSPS) is 18.1. The second-order valence-corrected chi connectivity index (χ2v) is 9.30. The van der Waals surface area contributed by atoms with Crippen molar-refractivity contribution in [1.82, 2.24) is 0 Å². The molecule has 0 aromatic heterocycles. The highest BCUT2D eigenvalue weighted by molar-refractivity contribution is 7.74. The van der Waals surface area contributed by atoms with E-state index < -0.39 is 28.8 Å². The Labute approximate surface area is 175 Å². The first-order chi connectivity index (χ1) is 12.9. The molecule has 0 aromatic carbocycles. The highest BCUT2D eigenvalue weighted by atomic mass is 32.2. The summed E-state index contributed by atoms with van der Waals surface area (Å²) in [6.45, 7) is 12.0. The molecule has 0 aliphatic heterocycles. The van der Waals surface area contributed by atoms with E-state index in [2.05, 4.69) is 31.9 Å². The van der Waals surface area contributed by atoms with Crippen molar-refractivity contribution in [3.8, 4) is 0 Å². The Morgan fingerprint density at radius 2 is 1.29 bits per heavy atom. The predicted molar refractivity (Wildman–Crippen MR) is 112 cm³/mol. The van der Waals surface area contributed by atoms with Crippen molar-refractivity contribution in [2.75, 3.05) is 13.2 Å². The molecule has 6 atom stereocenters. The summed E-state index contributed by atoms with van der Waals surface area (Å²) in [6.07, 6.45) is 2.49. The van der Waals surface area contributed by atoms with Gasteiger partial charge in [-0.25, -0.2) is 0 Å². The first kappa shape index (κ1) is 30.3. The van der Waals surface area contributed by atoms with Crippen molar-refractivity contribution >= 4 is 22.7 Å². The van der Waals surface area contributed by atoms with Gasteiger partial charge in [-0.05, 0) is 37.5 Å². The molecule has 6 unspecified atom stereocenters. The van der Waals surface area contributed by atoms with Crippen molar-refractivity contribution in [2.45, 2.75) is 79.4 Å². The zero-order chi connectivity index (χ0) is 22.3. The predicted octanol–water partition coefficient (Wildman–Crippen LogP) is 3.15. The molecule has 10 heteroatoms. The molecule has 8 nitrogen and oxygen atoms in total. The lowest BCUT2D eigenvalue weighted by atomic mass is 9.97. The SMILES string of the molecule is CC(C)CCC(O)C(C)COS(=O)O.CC(C)CCC(OS(=O)O)C(C)CO. The van der Waals surface area contributed by atoms with E-state index in [1.165, 1.54) is 0 Å². The second kappa shape index (κ2) is 17.9. The van der Waals surface area contributed by atoms with Crippen LogP contribution in [0.1, 0.15) is 67.2 Å². The van der Waals surface area contributed by atoms with Crippen molar-refractivity contribution < 1.29 is 36.1 Å². The van der Waals surface area contributed by atoms with Crippen LogP contribution in [0.25, 0.3) is 0 Å². The van der Waals surface area contributed by atoms with E-state index in [-0.39, 0.29) is 31.2 Å². The summed E-state index contributed by atoms with van der Waals surface area (Å²) in [5.74, 6) is 0.874. The number of hydrogen-bond acceptors (Lipinski definition) is 6. The van der Waals surface area contributed by atoms with Gasteiger partial charge in [0.25, 0.3) is 0 Å². The smallest absolute Gasteiger partial charge is 0.302 e. The van der Waals surface area contributed by atoms with Gasteiger partial charge in [0.05, 0.1) is 18.8 Å². The van der Waals surface area contributed by atoms with E-state index in [0.29, 0.717) is 24.7 Å². The van der Waals surface area contributed by atoms with Gasteiger partial charge >= 0.3 is 22.7 Å². The summed E-state index contributed by atoms with van der Waals surface area (Å²) in [5, 5.41) is 18.5. The van der Waals surface area contributed by atoms with Crippen LogP contribution in [-0.2, 0) is 31.1 Å². The Balaban J connectivity index is 0. The van der Waals surface area contributed by atoms with Gasteiger partial charge in [0.2, 0.25) is 0 Å². The molecule has 0 heterocycles. The Morgan fingerprint density at radius 3 is 1.68 bits per heavy atom. The first-order valence-electron chi connectivity index (χ1n) is 9.71. The minimum atomic E-state index is -2.24. The van der Waals surface area contributed by atoms with Gasteiger partial charge in [0.15, 0.2) is 0 Å². The molecule has 28 heavy (non-hydrogen) atoms. The maximum atomic E-state index is 10.5. The van der Waals surface area contributed by atoms with Crippen LogP contribution in [0.5, 0.6) is 0 Å². The Kier molecular flexibility index (Phi) is 19.3. The zero-order valence-electron chi connectivity index (χ0n) is 17.9. The van der Waals surface area contributed by atoms with Gasteiger partial charge in [-0.2, -0.15) is 8.42 Å². The number of hydrogen-bond donors (Lipinski definition) is 4. The lowest BCUT2D eigenvalue weighted by molar-refractivity contribution is 0.0741. The van der Waals surface area contributed by atoms with Crippen LogP contribution in [0.4, 0.5) is 0 Å². The lowest BCUT2D eigenvalue weighted by Crippen LogP contribution is -2.26. The summed E-state index contributed by atoms with van der Waals surface area (Å²) in [4.78, 5) is 0. The maximum absolute atomic E-state index is 10.5. The fraction of sp³-hybridized carbons (Fsp3) is 1.00. The van der Waals surface area contributed by atoms with Gasteiger partial charge in [-0.15, -0.1) is 0 Å². The number of rotatable bonds is 14. The minimum Gasteiger partial charge on any atom is -0.396 e. The summed E-state index contributed by atoms with van der Waals surface area (Å²) in [6, 6.07) is 0. The van der Waals surface area contributed by atoms with E-state index in [4.69, 9.17) is 18.4 Å². The van der Waals surface area contributed by atoms with Crippen LogP contribution in [0.3, 0.4) is 0 Å². The molecule has 0 amide bonds.